The topological polar surface area (TPSA) is 41.4 Å². The molecule has 0 radical (unpaired) electrons. The lowest BCUT2D eigenvalue weighted by molar-refractivity contribution is 0.0746. The van der Waals surface area contributed by atoms with Crippen LogP contribution in [0.1, 0.15) is 16.1 Å². The number of rotatable bonds is 2. The Hall–Kier alpha value is -2.37. The summed E-state index contributed by atoms with van der Waals surface area (Å²) in [6, 6.07) is 6.75. The van der Waals surface area contributed by atoms with Gasteiger partial charge >= 0.3 is 0 Å². The molecule has 0 atom stereocenters. The third-order valence-electron chi connectivity index (χ3n) is 4.00. The SMILES string of the molecule is Cc1nn(C)cc1C(=O)N1CCN(c2ccccc2F)CC1. The van der Waals surface area contributed by atoms with Crippen molar-refractivity contribution >= 4 is 11.6 Å². The predicted molar refractivity (Wildman–Crippen MR) is 82.5 cm³/mol. The molecule has 0 spiro atoms. The van der Waals surface area contributed by atoms with Crippen LogP contribution in [0.25, 0.3) is 0 Å². The number of nitrogens with zero attached hydrogens (tertiary/aromatic N) is 4. The number of amides is 1. The van der Waals surface area contributed by atoms with Crippen molar-refractivity contribution in [3.63, 3.8) is 0 Å². The fourth-order valence-corrected chi connectivity index (χ4v) is 2.84. The number of para-hydroxylation sites is 1. The van der Waals surface area contributed by atoms with Crippen molar-refractivity contribution in [3.8, 4) is 0 Å². The van der Waals surface area contributed by atoms with Crippen LogP contribution < -0.4 is 4.90 Å². The van der Waals surface area contributed by atoms with Crippen LogP contribution in [0.15, 0.2) is 30.5 Å². The van der Waals surface area contributed by atoms with Crippen molar-refractivity contribution in [1.29, 1.82) is 0 Å². The Balaban J connectivity index is 1.68. The van der Waals surface area contributed by atoms with Crippen molar-refractivity contribution in [2.24, 2.45) is 7.05 Å². The zero-order valence-corrected chi connectivity index (χ0v) is 12.8. The van der Waals surface area contributed by atoms with E-state index in [0.29, 0.717) is 37.4 Å². The van der Waals surface area contributed by atoms with Gasteiger partial charge in [0, 0.05) is 39.4 Å². The molecule has 2 aromatic rings. The highest BCUT2D eigenvalue weighted by atomic mass is 19.1. The van der Waals surface area contributed by atoms with Crippen LogP contribution in [-0.2, 0) is 7.05 Å². The fraction of sp³-hybridized carbons (Fsp3) is 0.375. The molecule has 1 aliphatic heterocycles. The Kier molecular flexibility index (Phi) is 3.83. The van der Waals surface area contributed by atoms with Crippen LogP contribution in [0, 0.1) is 12.7 Å². The average molecular weight is 302 g/mol. The van der Waals surface area contributed by atoms with E-state index in [0.717, 1.165) is 5.69 Å². The Labute approximate surface area is 128 Å². The number of hydrogen-bond donors (Lipinski definition) is 0. The van der Waals surface area contributed by atoms with Crippen molar-refractivity contribution in [3.05, 3.63) is 47.5 Å². The second-order valence-corrected chi connectivity index (χ2v) is 5.53. The summed E-state index contributed by atoms with van der Waals surface area (Å²) < 4.78 is 15.5. The van der Waals surface area contributed by atoms with E-state index in [1.165, 1.54) is 6.07 Å². The molecule has 1 amide bonds. The number of hydrogen-bond acceptors (Lipinski definition) is 3. The summed E-state index contributed by atoms with van der Waals surface area (Å²) in [7, 11) is 1.81. The summed E-state index contributed by atoms with van der Waals surface area (Å²) in [6.45, 7) is 4.27. The van der Waals surface area contributed by atoms with E-state index in [-0.39, 0.29) is 11.7 Å². The summed E-state index contributed by atoms with van der Waals surface area (Å²) >= 11 is 0. The Morgan fingerprint density at radius 1 is 1.18 bits per heavy atom. The van der Waals surface area contributed by atoms with Gasteiger partial charge in [0.25, 0.3) is 5.91 Å². The van der Waals surface area contributed by atoms with Gasteiger partial charge in [0.15, 0.2) is 0 Å². The first kappa shape index (κ1) is 14.6. The number of carbonyl (C=O) groups excluding carboxylic acids is 1. The smallest absolute Gasteiger partial charge is 0.257 e. The van der Waals surface area contributed by atoms with Gasteiger partial charge in [-0.1, -0.05) is 12.1 Å². The summed E-state index contributed by atoms with van der Waals surface area (Å²) in [5, 5.41) is 4.21. The second-order valence-electron chi connectivity index (χ2n) is 5.53. The van der Waals surface area contributed by atoms with E-state index < -0.39 is 0 Å². The number of halogens is 1. The number of carbonyl (C=O) groups is 1. The lowest BCUT2D eigenvalue weighted by Crippen LogP contribution is -2.49. The first-order chi connectivity index (χ1) is 10.6. The molecular weight excluding hydrogens is 283 g/mol. The van der Waals surface area contributed by atoms with E-state index in [2.05, 4.69) is 5.10 Å². The van der Waals surface area contributed by atoms with E-state index in [9.17, 15) is 9.18 Å². The molecule has 3 rings (SSSR count). The van der Waals surface area contributed by atoms with Gasteiger partial charge in [-0.05, 0) is 19.1 Å². The number of aromatic nitrogens is 2. The molecule has 2 heterocycles. The molecule has 0 unspecified atom stereocenters. The van der Waals surface area contributed by atoms with Gasteiger partial charge < -0.3 is 9.80 Å². The van der Waals surface area contributed by atoms with E-state index in [1.54, 1.807) is 35.0 Å². The summed E-state index contributed by atoms with van der Waals surface area (Å²) in [5.41, 5.74) is 1.98. The van der Waals surface area contributed by atoms with Crippen LogP contribution in [0.5, 0.6) is 0 Å². The van der Waals surface area contributed by atoms with Crippen LogP contribution in [0.3, 0.4) is 0 Å². The predicted octanol–water partition coefficient (Wildman–Crippen LogP) is 1.83. The molecule has 0 aliphatic carbocycles. The normalized spacial score (nSPS) is 15.2. The molecule has 1 fully saturated rings. The summed E-state index contributed by atoms with van der Waals surface area (Å²) in [5.74, 6) is -0.218. The fourth-order valence-electron chi connectivity index (χ4n) is 2.84. The quantitative estimate of drug-likeness (QED) is 0.850. The molecule has 5 nitrogen and oxygen atoms in total. The highest BCUT2D eigenvalue weighted by Gasteiger charge is 2.25. The maximum absolute atomic E-state index is 13.8. The number of piperazine rings is 1. The summed E-state index contributed by atoms with van der Waals surface area (Å²) in [6.07, 6.45) is 1.75. The Morgan fingerprint density at radius 2 is 1.86 bits per heavy atom. The highest BCUT2D eigenvalue weighted by Crippen LogP contribution is 2.21. The molecule has 1 aromatic heterocycles. The largest absolute Gasteiger partial charge is 0.366 e. The van der Waals surface area contributed by atoms with Gasteiger partial charge in [-0.25, -0.2) is 4.39 Å². The molecule has 1 aliphatic rings. The van der Waals surface area contributed by atoms with Crippen molar-refractivity contribution in [1.82, 2.24) is 14.7 Å². The maximum Gasteiger partial charge on any atom is 0.257 e. The Bertz CT molecular complexity index is 689. The minimum Gasteiger partial charge on any atom is -0.366 e. The number of benzene rings is 1. The molecule has 116 valence electrons. The molecule has 0 N–H and O–H groups in total. The average Bonchev–Trinajstić information content (AvgIpc) is 2.86. The summed E-state index contributed by atoms with van der Waals surface area (Å²) in [4.78, 5) is 16.3. The second kappa shape index (κ2) is 5.79. The van der Waals surface area contributed by atoms with Crippen LogP contribution in [-0.4, -0.2) is 46.8 Å². The first-order valence-electron chi connectivity index (χ1n) is 7.35. The first-order valence-corrected chi connectivity index (χ1v) is 7.35. The lowest BCUT2D eigenvalue weighted by Gasteiger charge is -2.36. The zero-order chi connectivity index (χ0) is 15.7. The van der Waals surface area contributed by atoms with Crippen LogP contribution in [0.4, 0.5) is 10.1 Å². The molecular formula is C16H19FN4O. The van der Waals surface area contributed by atoms with Gasteiger partial charge in [0.05, 0.1) is 16.9 Å². The molecule has 1 saturated heterocycles. The minimum absolute atomic E-state index is 0.00113. The van der Waals surface area contributed by atoms with Crippen molar-refractivity contribution < 1.29 is 9.18 Å². The van der Waals surface area contributed by atoms with Crippen molar-refractivity contribution in [2.45, 2.75) is 6.92 Å². The highest BCUT2D eigenvalue weighted by molar-refractivity contribution is 5.95. The van der Waals surface area contributed by atoms with Crippen LogP contribution >= 0.6 is 0 Å². The molecule has 0 bridgehead atoms. The van der Waals surface area contributed by atoms with Gasteiger partial charge in [0.1, 0.15) is 5.82 Å². The lowest BCUT2D eigenvalue weighted by atomic mass is 10.2. The standard InChI is InChI=1S/C16H19FN4O/c1-12-13(11-19(2)18-12)16(22)21-9-7-20(8-10-21)15-6-4-3-5-14(15)17/h3-6,11H,7-10H2,1-2H3. The molecule has 22 heavy (non-hydrogen) atoms. The maximum atomic E-state index is 13.8. The number of aryl methyl sites for hydroxylation is 2. The monoisotopic (exact) mass is 302 g/mol. The molecule has 6 heteroatoms. The third-order valence-corrected chi connectivity index (χ3v) is 4.00. The Morgan fingerprint density at radius 3 is 2.45 bits per heavy atom. The molecule has 1 aromatic carbocycles. The van der Waals surface area contributed by atoms with E-state index in [4.69, 9.17) is 0 Å². The van der Waals surface area contributed by atoms with Gasteiger partial charge in [-0.15, -0.1) is 0 Å². The zero-order valence-electron chi connectivity index (χ0n) is 12.8. The van der Waals surface area contributed by atoms with E-state index >= 15 is 0 Å². The third kappa shape index (κ3) is 2.68. The minimum atomic E-state index is -0.217. The van der Waals surface area contributed by atoms with E-state index in [1.807, 2.05) is 17.9 Å². The van der Waals surface area contributed by atoms with Crippen molar-refractivity contribution in [2.75, 3.05) is 31.1 Å². The molecule has 0 saturated carbocycles. The van der Waals surface area contributed by atoms with Gasteiger partial charge in [-0.3, -0.25) is 9.48 Å². The van der Waals surface area contributed by atoms with Gasteiger partial charge in [-0.2, -0.15) is 5.10 Å². The van der Waals surface area contributed by atoms with Gasteiger partial charge in [0.2, 0.25) is 0 Å². The number of anilines is 1. The van der Waals surface area contributed by atoms with Crippen LogP contribution in [0.2, 0.25) is 0 Å².